The van der Waals surface area contributed by atoms with Gasteiger partial charge in [-0.3, -0.25) is 0 Å². The van der Waals surface area contributed by atoms with Crippen LogP contribution < -0.4 is 10.5 Å². The largest absolute Gasteiger partial charge is 0.494 e. The molecule has 0 amide bonds. The molecule has 2 aromatic rings. The molecule has 0 aliphatic heterocycles. The first-order chi connectivity index (χ1) is 9.70. The summed E-state index contributed by atoms with van der Waals surface area (Å²) in [4.78, 5) is 0.586. The number of thiocarbonyl (C=S) groups is 1. The fourth-order valence-electron chi connectivity index (χ4n) is 2.06. The Morgan fingerprint density at radius 2 is 2.20 bits per heavy atom. The molecule has 4 heteroatoms. The molecule has 2 rings (SSSR count). The first-order valence-corrected chi connectivity index (χ1v) is 8.10. The van der Waals surface area contributed by atoms with E-state index in [2.05, 4.69) is 35.9 Å². The molecule has 0 aliphatic rings. The summed E-state index contributed by atoms with van der Waals surface area (Å²) < 4.78 is 5.82. The summed E-state index contributed by atoms with van der Waals surface area (Å²) in [7, 11) is 0. The molecule has 106 valence electrons. The zero-order valence-corrected chi connectivity index (χ0v) is 13.2. The molecule has 1 heterocycles. The second-order valence-electron chi connectivity index (χ2n) is 4.68. The van der Waals surface area contributed by atoms with Gasteiger partial charge in [0.2, 0.25) is 0 Å². The molecular weight excluding hydrogens is 286 g/mol. The van der Waals surface area contributed by atoms with Crippen LogP contribution in [-0.4, -0.2) is 11.6 Å². The van der Waals surface area contributed by atoms with Crippen molar-refractivity contribution in [2.24, 2.45) is 11.7 Å². The fourth-order valence-corrected chi connectivity index (χ4v) is 3.01. The van der Waals surface area contributed by atoms with Crippen molar-refractivity contribution in [1.82, 2.24) is 0 Å². The summed E-state index contributed by atoms with van der Waals surface area (Å²) in [6.45, 7) is 2.74. The number of ether oxygens (including phenoxy) is 1. The Balaban J connectivity index is 1.94. The van der Waals surface area contributed by atoms with Crippen LogP contribution in [0.15, 0.2) is 41.1 Å². The maximum atomic E-state index is 5.82. The Morgan fingerprint density at radius 1 is 1.35 bits per heavy atom. The molecule has 0 radical (unpaired) electrons. The van der Waals surface area contributed by atoms with Crippen molar-refractivity contribution in [3.63, 3.8) is 0 Å². The van der Waals surface area contributed by atoms with Gasteiger partial charge in [-0.1, -0.05) is 31.3 Å². The second-order valence-corrected chi connectivity index (χ2v) is 5.94. The number of nitrogens with two attached hydrogens (primary N) is 1. The van der Waals surface area contributed by atoms with E-state index in [4.69, 9.17) is 22.7 Å². The van der Waals surface area contributed by atoms with Crippen molar-refractivity contribution < 1.29 is 4.74 Å². The van der Waals surface area contributed by atoms with Gasteiger partial charge in [0.15, 0.2) is 0 Å². The van der Waals surface area contributed by atoms with Crippen molar-refractivity contribution in [2.45, 2.75) is 19.8 Å². The zero-order valence-electron chi connectivity index (χ0n) is 11.5. The highest BCUT2D eigenvalue weighted by molar-refractivity contribution is 7.80. The minimum atomic E-state index is 0.269. The van der Waals surface area contributed by atoms with Gasteiger partial charge in [0.05, 0.1) is 11.6 Å². The lowest BCUT2D eigenvalue weighted by Crippen LogP contribution is -2.22. The van der Waals surface area contributed by atoms with Gasteiger partial charge in [-0.2, -0.15) is 11.3 Å². The van der Waals surface area contributed by atoms with E-state index in [1.54, 1.807) is 11.3 Å². The van der Waals surface area contributed by atoms with E-state index in [0.717, 1.165) is 18.6 Å². The minimum Gasteiger partial charge on any atom is -0.494 e. The summed E-state index contributed by atoms with van der Waals surface area (Å²) in [6, 6.07) is 10.3. The quantitative estimate of drug-likeness (QED) is 0.765. The average Bonchev–Trinajstić information content (AvgIpc) is 2.98. The third-order valence-electron chi connectivity index (χ3n) is 3.32. The Kier molecular flexibility index (Phi) is 5.56. The third kappa shape index (κ3) is 4.05. The van der Waals surface area contributed by atoms with Gasteiger partial charge < -0.3 is 10.5 Å². The molecule has 0 fully saturated rings. The van der Waals surface area contributed by atoms with Crippen LogP contribution in [0.2, 0.25) is 0 Å². The molecule has 2 nitrogen and oxygen atoms in total. The Labute approximate surface area is 129 Å². The highest BCUT2D eigenvalue weighted by atomic mass is 32.1. The maximum Gasteiger partial charge on any atom is 0.119 e. The van der Waals surface area contributed by atoms with Crippen LogP contribution >= 0.6 is 23.6 Å². The summed E-state index contributed by atoms with van der Waals surface area (Å²) >= 11 is 6.74. The number of hydrogen-bond donors (Lipinski definition) is 1. The third-order valence-corrected chi connectivity index (χ3v) is 4.34. The van der Waals surface area contributed by atoms with Gasteiger partial charge in [-0.25, -0.2) is 0 Å². The van der Waals surface area contributed by atoms with E-state index in [1.165, 1.54) is 11.1 Å². The Morgan fingerprint density at radius 3 is 2.85 bits per heavy atom. The number of rotatable bonds is 7. The molecule has 1 unspecified atom stereocenters. The lowest BCUT2D eigenvalue weighted by Gasteiger charge is -2.14. The molecular formula is C16H19NOS2. The standard InChI is InChI=1S/C16H19NOS2/c1-2-12(16(17)19)6-8-18-15-5-3-4-13(10-15)14-7-9-20-11-14/h3-5,7,9-12H,2,6,8H2,1H3,(H2,17,19). The van der Waals surface area contributed by atoms with E-state index in [1.807, 2.05) is 12.1 Å². The minimum absolute atomic E-state index is 0.269. The van der Waals surface area contributed by atoms with E-state index in [0.29, 0.717) is 11.6 Å². The fraction of sp³-hybridized carbons (Fsp3) is 0.312. The monoisotopic (exact) mass is 305 g/mol. The number of thiophene rings is 1. The molecule has 0 spiro atoms. The lowest BCUT2D eigenvalue weighted by atomic mass is 10.0. The van der Waals surface area contributed by atoms with Gasteiger partial charge >= 0.3 is 0 Å². The van der Waals surface area contributed by atoms with Gasteiger partial charge in [0.1, 0.15) is 5.75 Å². The van der Waals surface area contributed by atoms with Crippen molar-refractivity contribution in [1.29, 1.82) is 0 Å². The molecule has 1 aromatic heterocycles. The summed E-state index contributed by atoms with van der Waals surface area (Å²) in [5.74, 6) is 1.16. The molecule has 20 heavy (non-hydrogen) atoms. The topological polar surface area (TPSA) is 35.2 Å². The smallest absolute Gasteiger partial charge is 0.119 e. The highest BCUT2D eigenvalue weighted by Crippen LogP contribution is 2.26. The molecule has 0 saturated carbocycles. The van der Waals surface area contributed by atoms with Crippen LogP contribution in [0.25, 0.3) is 11.1 Å². The highest BCUT2D eigenvalue weighted by Gasteiger charge is 2.09. The molecule has 0 bridgehead atoms. The van der Waals surface area contributed by atoms with Crippen molar-refractivity contribution in [2.75, 3.05) is 6.61 Å². The predicted octanol–water partition coefficient (Wildman–Crippen LogP) is 4.50. The van der Waals surface area contributed by atoms with E-state index in [-0.39, 0.29) is 5.92 Å². The first-order valence-electron chi connectivity index (χ1n) is 6.75. The maximum absolute atomic E-state index is 5.82. The first kappa shape index (κ1) is 15.0. The van der Waals surface area contributed by atoms with Crippen LogP contribution in [0.3, 0.4) is 0 Å². The molecule has 1 atom stereocenters. The van der Waals surface area contributed by atoms with E-state index < -0.39 is 0 Å². The van der Waals surface area contributed by atoms with Gasteiger partial charge in [0.25, 0.3) is 0 Å². The van der Waals surface area contributed by atoms with Gasteiger partial charge in [-0.15, -0.1) is 0 Å². The van der Waals surface area contributed by atoms with Crippen LogP contribution in [0.1, 0.15) is 19.8 Å². The van der Waals surface area contributed by atoms with Gasteiger partial charge in [0, 0.05) is 5.92 Å². The summed E-state index contributed by atoms with van der Waals surface area (Å²) in [5, 5.41) is 4.22. The Hall–Kier alpha value is -1.39. The van der Waals surface area contributed by atoms with E-state index >= 15 is 0 Å². The van der Waals surface area contributed by atoms with Crippen LogP contribution in [0, 0.1) is 5.92 Å². The SMILES string of the molecule is CCC(CCOc1cccc(-c2ccsc2)c1)C(N)=S. The number of hydrogen-bond acceptors (Lipinski definition) is 3. The van der Waals surface area contributed by atoms with Crippen molar-refractivity contribution in [3.05, 3.63) is 41.1 Å². The average molecular weight is 305 g/mol. The normalized spacial score (nSPS) is 12.1. The van der Waals surface area contributed by atoms with Gasteiger partial charge in [-0.05, 0) is 52.9 Å². The van der Waals surface area contributed by atoms with Crippen LogP contribution in [0.4, 0.5) is 0 Å². The van der Waals surface area contributed by atoms with E-state index in [9.17, 15) is 0 Å². The molecule has 0 aliphatic carbocycles. The second kappa shape index (κ2) is 7.41. The summed E-state index contributed by atoms with van der Waals surface area (Å²) in [6.07, 6.45) is 1.84. The lowest BCUT2D eigenvalue weighted by molar-refractivity contribution is 0.294. The van der Waals surface area contributed by atoms with Crippen LogP contribution in [-0.2, 0) is 0 Å². The zero-order chi connectivity index (χ0) is 14.4. The predicted molar refractivity (Wildman–Crippen MR) is 90.4 cm³/mol. The number of benzene rings is 1. The van der Waals surface area contributed by atoms with Crippen LogP contribution in [0.5, 0.6) is 5.75 Å². The van der Waals surface area contributed by atoms with Crippen molar-refractivity contribution in [3.8, 4) is 16.9 Å². The molecule has 1 aromatic carbocycles. The molecule has 2 N–H and O–H groups in total. The Bertz CT molecular complexity index is 551. The van der Waals surface area contributed by atoms with Crippen molar-refractivity contribution >= 4 is 28.5 Å². The summed E-state index contributed by atoms with van der Waals surface area (Å²) in [5.41, 5.74) is 8.11. The molecule has 0 saturated heterocycles.